The first-order valence-corrected chi connectivity index (χ1v) is 8.28. The van der Waals surface area contributed by atoms with Gasteiger partial charge < -0.3 is 48.0 Å². The molecule has 0 amide bonds. The molecule has 2 aliphatic carbocycles. The minimum atomic E-state index is 0. The predicted molar refractivity (Wildman–Crippen MR) is 98.1 cm³/mol. The Morgan fingerprint density at radius 1 is 0.885 bits per heavy atom. The number of halogens is 2. The van der Waals surface area contributed by atoms with E-state index in [0.29, 0.717) is 0 Å². The van der Waals surface area contributed by atoms with E-state index >= 15 is 0 Å². The van der Waals surface area contributed by atoms with Gasteiger partial charge >= 0.3 is 25.8 Å². The van der Waals surface area contributed by atoms with E-state index in [9.17, 15) is 0 Å². The van der Waals surface area contributed by atoms with Gasteiger partial charge in [-0.3, -0.25) is 6.08 Å². The van der Waals surface area contributed by atoms with E-state index in [1.165, 1.54) is 39.0 Å². The molecule has 0 unspecified atom stereocenters. The van der Waals surface area contributed by atoms with Gasteiger partial charge in [-0.15, -0.1) is 12.5 Å². The minimum absolute atomic E-state index is 0. The smallest absolute Gasteiger partial charge is 1.00 e. The largest absolute Gasteiger partial charge is 4.00 e. The van der Waals surface area contributed by atoms with Crippen molar-refractivity contribution in [1.82, 2.24) is 0 Å². The Morgan fingerprint density at radius 3 is 2.04 bits per heavy atom. The molecule has 0 aromatic heterocycles. The molecule has 0 saturated heterocycles. The molecule has 2 aromatic carbocycles. The monoisotopic (exact) mass is 734 g/mol. The quantitative estimate of drug-likeness (QED) is 0.176. The van der Waals surface area contributed by atoms with Crippen LogP contribution >= 0.6 is 0 Å². The van der Waals surface area contributed by atoms with Crippen LogP contribution in [0.15, 0.2) is 59.2 Å². The summed E-state index contributed by atoms with van der Waals surface area (Å²) in [5, 5.41) is 0. The molecule has 0 N–H and O–H groups in total. The van der Waals surface area contributed by atoms with E-state index in [0.717, 1.165) is 6.42 Å². The minimum Gasteiger partial charge on any atom is -1.00 e. The van der Waals surface area contributed by atoms with Gasteiger partial charge in [0, 0.05) is 0 Å². The van der Waals surface area contributed by atoms with Crippen LogP contribution in [0, 0.1) is 17.6 Å². The molecule has 0 radical (unpaired) electrons. The first kappa shape index (κ1) is 26.3. The predicted octanol–water partition coefficient (Wildman–Crippen LogP) is 0.176. The SMILES string of the molecule is CC1=[C-]C(C)(C)C(C)=C1C.[Hf+4].[I-].[I-].[c-]1cccc2c1Cc1ccccc1-2. The molecule has 0 spiro atoms. The van der Waals surface area contributed by atoms with E-state index in [1.807, 2.05) is 6.07 Å². The van der Waals surface area contributed by atoms with Gasteiger partial charge in [0.25, 0.3) is 0 Å². The Balaban J connectivity index is 0.000000445. The van der Waals surface area contributed by atoms with Crippen LogP contribution in [0.2, 0.25) is 0 Å². The summed E-state index contributed by atoms with van der Waals surface area (Å²) in [7, 11) is 0. The fourth-order valence-electron chi connectivity index (χ4n) is 3.40. The van der Waals surface area contributed by atoms with Crippen LogP contribution in [0.5, 0.6) is 0 Å². The van der Waals surface area contributed by atoms with Crippen LogP contribution in [0.4, 0.5) is 0 Å². The Hall–Kier alpha value is 0.250. The molecule has 0 bridgehead atoms. The van der Waals surface area contributed by atoms with Gasteiger partial charge in [0.1, 0.15) is 0 Å². The molecule has 134 valence electrons. The molecule has 2 aromatic rings. The zero-order valence-electron chi connectivity index (χ0n) is 16.0. The van der Waals surface area contributed by atoms with Crippen molar-refractivity contribution in [1.29, 1.82) is 0 Å². The third kappa shape index (κ3) is 5.40. The third-order valence-electron chi connectivity index (χ3n) is 5.18. The van der Waals surface area contributed by atoms with Crippen LogP contribution in [0.3, 0.4) is 0 Å². The molecule has 0 atom stereocenters. The second kappa shape index (κ2) is 10.7. The van der Waals surface area contributed by atoms with E-state index in [1.54, 1.807) is 0 Å². The van der Waals surface area contributed by atoms with Crippen molar-refractivity contribution in [2.45, 2.75) is 41.0 Å². The molecule has 0 nitrogen and oxygen atoms in total. The summed E-state index contributed by atoms with van der Waals surface area (Å²) >= 11 is 0. The summed E-state index contributed by atoms with van der Waals surface area (Å²) in [6.07, 6.45) is 4.48. The van der Waals surface area contributed by atoms with E-state index in [-0.39, 0.29) is 79.2 Å². The molecular formula is C23H24HfI2. The first-order chi connectivity index (χ1) is 10.9. The second-order valence-electron chi connectivity index (χ2n) is 7.02. The number of rotatable bonds is 0. The number of hydrogen-bond acceptors (Lipinski definition) is 0. The maximum absolute atomic E-state index is 3.44. The Kier molecular flexibility index (Phi) is 10.8. The fraction of sp³-hybridized carbons (Fsp3) is 0.304. The third-order valence-corrected chi connectivity index (χ3v) is 5.18. The zero-order chi connectivity index (χ0) is 16.6. The van der Waals surface area contributed by atoms with Crippen molar-refractivity contribution in [2.24, 2.45) is 5.41 Å². The summed E-state index contributed by atoms with van der Waals surface area (Å²) < 4.78 is 0. The summed E-state index contributed by atoms with van der Waals surface area (Å²) in [5.41, 5.74) is 9.90. The van der Waals surface area contributed by atoms with Crippen molar-refractivity contribution in [3.63, 3.8) is 0 Å². The molecule has 26 heavy (non-hydrogen) atoms. The summed E-state index contributed by atoms with van der Waals surface area (Å²) in [6, 6.07) is 18.1. The molecule has 0 heterocycles. The molecule has 0 aliphatic heterocycles. The fourth-order valence-corrected chi connectivity index (χ4v) is 3.40. The molecule has 0 fully saturated rings. The van der Waals surface area contributed by atoms with E-state index in [2.05, 4.69) is 83.2 Å². The Morgan fingerprint density at radius 2 is 1.50 bits per heavy atom. The van der Waals surface area contributed by atoms with Crippen molar-refractivity contribution in [3.05, 3.63) is 82.5 Å². The van der Waals surface area contributed by atoms with Gasteiger partial charge in [0.05, 0.1) is 0 Å². The average Bonchev–Trinajstić information content (AvgIpc) is 2.99. The first-order valence-electron chi connectivity index (χ1n) is 8.28. The van der Waals surface area contributed by atoms with Gasteiger partial charge in [0.15, 0.2) is 0 Å². The molecule has 3 heteroatoms. The van der Waals surface area contributed by atoms with Crippen LogP contribution in [-0.2, 0) is 32.3 Å². The topological polar surface area (TPSA) is 0 Å². The van der Waals surface area contributed by atoms with E-state index < -0.39 is 0 Å². The number of hydrogen-bond donors (Lipinski definition) is 0. The van der Waals surface area contributed by atoms with Gasteiger partial charge in [0.2, 0.25) is 0 Å². The second-order valence-corrected chi connectivity index (χ2v) is 7.02. The number of benzene rings is 2. The van der Waals surface area contributed by atoms with Gasteiger partial charge in [-0.25, -0.2) is 5.57 Å². The Labute approximate surface area is 211 Å². The molecule has 2 aliphatic rings. The number of fused-ring (bicyclic) bond motifs is 3. The van der Waals surface area contributed by atoms with Crippen LogP contribution in [0.25, 0.3) is 11.1 Å². The average molecular weight is 733 g/mol. The van der Waals surface area contributed by atoms with Gasteiger partial charge in [-0.2, -0.15) is 41.0 Å². The van der Waals surface area contributed by atoms with Crippen molar-refractivity contribution in [3.8, 4) is 11.1 Å². The van der Waals surface area contributed by atoms with Crippen LogP contribution in [0.1, 0.15) is 45.7 Å². The summed E-state index contributed by atoms with van der Waals surface area (Å²) in [5.74, 6) is 0. The normalized spacial score (nSPS) is 15.2. The zero-order valence-corrected chi connectivity index (χ0v) is 23.9. The van der Waals surface area contributed by atoms with Crippen molar-refractivity contribution in [2.75, 3.05) is 0 Å². The number of allylic oxidation sites excluding steroid dienone is 4. The molecule has 0 saturated carbocycles. The van der Waals surface area contributed by atoms with Crippen molar-refractivity contribution >= 4 is 0 Å². The van der Waals surface area contributed by atoms with Crippen molar-refractivity contribution < 1.29 is 73.8 Å². The van der Waals surface area contributed by atoms with Crippen LogP contribution in [-0.4, -0.2) is 0 Å². The summed E-state index contributed by atoms with van der Waals surface area (Å²) in [4.78, 5) is 0. The van der Waals surface area contributed by atoms with Gasteiger partial charge in [-0.1, -0.05) is 68.5 Å². The Bertz CT molecular complexity index is 773. The van der Waals surface area contributed by atoms with Gasteiger partial charge in [-0.05, 0) is 6.42 Å². The van der Waals surface area contributed by atoms with E-state index in [4.69, 9.17) is 0 Å². The molecular weight excluding hydrogens is 709 g/mol. The standard InChI is InChI=1S/C13H9.C10H15.Hf.2HI/c1-3-7-12-10(5-1)9-11-6-2-4-8-13(11)12;1-7-6-10(4,5)9(3)8(7)2;;;/h1-5,7-8H,9H2;1-5H3;;2*1H/q2*-1;+4;;/p-2. The maximum Gasteiger partial charge on any atom is 4.00 e. The molecule has 4 rings (SSSR count). The maximum atomic E-state index is 3.44. The summed E-state index contributed by atoms with van der Waals surface area (Å²) in [6.45, 7) is 10.9. The van der Waals surface area contributed by atoms with Crippen LogP contribution < -0.4 is 48.0 Å².